The molecule has 1 aliphatic carbocycles. The average molecular weight is 269 g/mol. The maximum atomic E-state index is 12.2. The molecule has 0 bridgehead atoms. The minimum atomic E-state index is -0.532. The maximum absolute atomic E-state index is 12.2. The fourth-order valence-electron chi connectivity index (χ4n) is 2.73. The molecular weight excluding hydrogens is 238 g/mol. The standard InChI is InChI=1S/C16H31NO2/c1-5-6-7-13-8-10-14(11-9-13)15(19)17-16(3,4)12(2)18/h12-14,18H,5-11H2,1-4H3,(H,17,19). The van der Waals surface area contributed by atoms with E-state index < -0.39 is 11.6 Å². The Kier molecular flexibility index (Phi) is 6.31. The number of amides is 1. The molecule has 0 spiro atoms. The molecule has 0 aliphatic heterocycles. The van der Waals surface area contributed by atoms with Crippen molar-refractivity contribution in [2.24, 2.45) is 11.8 Å². The molecule has 1 saturated carbocycles. The highest BCUT2D eigenvalue weighted by atomic mass is 16.3. The summed E-state index contributed by atoms with van der Waals surface area (Å²) in [6.45, 7) is 7.71. The van der Waals surface area contributed by atoms with Crippen LogP contribution in [-0.4, -0.2) is 22.7 Å². The van der Waals surface area contributed by atoms with Gasteiger partial charge in [-0.05, 0) is 52.4 Å². The topological polar surface area (TPSA) is 49.3 Å². The third kappa shape index (κ3) is 5.13. The summed E-state index contributed by atoms with van der Waals surface area (Å²) in [5.74, 6) is 1.10. The van der Waals surface area contributed by atoms with Gasteiger partial charge in [-0.15, -0.1) is 0 Å². The summed E-state index contributed by atoms with van der Waals surface area (Å²) >= 11 is 0. The summed E-state index contributed by atoms with van der Waals surface area (Å²) in [5, 5.41) is 12.6. The van der Waals surface area contributed by atoms with Crippen molar-refractivity contribution in [2.75, 3.05) is 0 Å². The van der Waals surface area contributed by atoms with Gasteiger partial charge in [0.1, 0.15) is 0 Å². The Morgan fingerprint density at radius 1 is 1.32 bits per heavy atom. The second kappa shape index (κ2) is 7.28. The highest BCUT2D eigenvalue weighted by Crippen LogP contribution is 2.32. The zero-order valence-corrected chi connectivity index (χ0v) is 13.0. The fourth-order valence-corrected chi connectivity index (χ4v) is 2.73. The van der Waals surface area contributed by atoms with Crippen molar-refractivity contribution in [1.29, 1.82) is 0 Å². The fraction of sp³-hybridized carbons (Fsp3) is 0.938. The summed E-state index contributed by atoms with van der Waals surface area (Å²) in [7, 11) is 0. The summed E-state index contributed by atoms with van der Waals surface area (Å²) in [4.78, 5) is 12.2. The van der Waals surface area contributed by atoms with E-state index in [1.165, 1.54) is 32.1 Å². The van der Waals surface area contributed by atoms with Crippen LogP contribution in [0.15, 0.2) is 0 Å². The van der Waals surface area contributed by atoms with Crippen LogP contribution in [0, 0.1) is 11.8 Å². The number of aliphatic hydroxyl groups is 1. The van der Waals surface area contributed by atoms with Gasteiger partial charge < -0.3 is 10.4 Å². The van der Waals surface area contributed by atoms with Crippen LogP contribution in [0.25, 0.3) is 0 Å². The molecular formula is C16H31NO2. The molecule has 1 fully saturated rings. The predicted octanol–water partition coefficient (Wildman–Crippen LogP) is 3.26. The second-order valence-electron chi connectivity index (χ2n) is 6.75. The molecule has 0 heterocycles. The van der Waals surface area contributed by atoms with E-state index in [4.69, 9.17) is 0 Å². The first-order valence-corrected chi connectivity index (χ1v) is 7.87. The number of carbonyl (C=O) groups is 1. The van der Waals surface area contributed by atoms with Gasteiger partial charge in [0, 0.05) is 5.92 Å². The number of hydrogen-bond acceptors (Lipinski definition) is 2. The minimum Gasteiger partial charge on any atom is -0.391 e. The Labute approximate surface area is 118 Å². The number of carbonyl (C=O) groups excluding carboxylic acids is 1. The smallest absolute Gasteiger partial charge is 0.223 e. The van der Waals surface area contributed by atoms with Crippen molar-refractivity contribution < 1.29 is 9.90 Å². The van der Waals surface area contributed by atoms with Gasteiger partial charge in [-0.1, -0.05) is 26.2 Å². The van der Waals surface area contributed by atoms with E-state index in [0.717, 1.165) is 18.8 Å². The van der Waals surface area contributed by atoms with Gasteiger partial charge in [-0.25, -0.2) is 0 Å². The zero-order valence-electron chi connectivity index (χ0n) is 13.0. The summed E-state index contributed by atoms with van der Waals surface area (Å²) in [6.07, 6.45) is 7.77. The van der Waals surface area contributed by atoms with Crippen molar-refractivity contribution in [1.82, 2.24) is 5.32 Å². The van der Waals surface area contributed by atoms with Gasteiger partial charge in [0.05, 0.1) is 11.6 Å². The third-order valence-electron chi connectivity index (χ3n) is 4.67. The van der Waals surface area contributed by atoms with E-state index in [-0.39, 0.29) is 11.8 Å². The van der Waals surface area contributed by atoms with E-state index in [0.29, 0.717) is 0 Å². The minimum absolute atomic E-state index is 0.125. The van der Waals surface area contributed by atoms with Gasteiger partial charge in [-0.3, -0.25) is 4.79 Å². The number of aliphatic hydroxyl groups excluding tert-OH is 1. The SMILES string of the molecule is CCCCC1CCC(C(=O)NC(C)(C)C(C)O)CC1. The monoisotopic (exact) mass is 269 g/mol. The van der Waals surface area contributed by atoms with Crippen LogP contribution >= 0.6 is 0 Å². The molecule has 0 radical (unpaired) electrons. The van der Waals surface area contributed by atoms with E-state index in [1.54, 1.807) is 6.92 Å². The lowest BCUT2D eigenvalue weighted by Crippen LogP contribution is -2.53. The van der Waals surface area contributed by atoms with Crippen LogP contribution in [-0.2, 0) is 4.79 Å². The first-order chi connectivity index (χ1) is 8.86. The van der Waals surface area contributed by atoms with Gasteiger partial charge >= 0.3 is 0 Å². The molecule has 1 aliphatic rings. The van der Waals surface area contributed by atoms with Gasteiger partial charge in [-0.2, -0.15) is 0 Å². The molecule has 3 nitrogen and oxygen atoms in total. The summed E-state index contributed by atoms with van der Waals surface area (Å²) < 4.78 is 0. The maximum Gasteiger partial charge on any atom is 0.223 e. The number of unbranched alkanes of at least 4 members (excludes halogenated alkanes) is 1. The molecule has 0 saturated heterocycles. The van der Waals surface area contributed by atoms with E-state index >= 15 is 0 Å². The largest absolute Gasteiger partial charge is 0.391 e. The number of nitrogens with one attached hydrogen (secondary N) is 1. The van der Waals surface area contributed by atoms with Crippen LogP contribution in [0.2, 0.25) is 0 Å². The van der Waals surface area contributed by atoms with Gasteiger partial charge in [0.2, 0.25) is 5.91 Å². The van der Waals surface area contributed by atoms with Crippen molar-refractivity contribution in [3.05, 3.63) is 0 Å². The molecule has 1 rings (SSSR count). The van der Waals surface area contributed by atoms with Gasteiger partial charge in [0.15, 0.2) is 0 Å². The van der Waals surface area contributed by atoms with Crippen molar-refractivity contribution in [3.8, 4) is 0 Å². The summed E-state index contributed by atoms with van der Waals surface area (Å²) in [6, 6.07) is 0. The first kappa shape index (κ1) is 16.5. The summed E-state index contributed by atoms with van der Waals surface area (Å²) in [5.41, 5.74) is -0.532. The normalized spacial score (nSPS) is 25.9. The van der Waals surface area contributed by atoms with Crippen molar-refractivity contribution in [3.63, 3.8) is 0 Å². The molecule has 19 heavy (non-hydrogen) atoms. The Morgan fingerprint density at radius 3 is 2.37 bits per heavy atom. The molecule has 1 amide bonds. The Hall–Kier alpha value is -0.570. The van der Waals surface area contributed by atoms with E-state index in [2.05, 4.69) is 12.2 Å². The van der Waals surface area contributed by atoms with Crippen LogP contribution in [0.4, 0.5) is 0 Å². The highest BCUT2D eigenvalue weighted by molar-refractivity contribution is 5.79. The van der Waals surface area contributed by atoms with Crippen molar-refractivity contribution in [2.45, 2.75) is 84.3 Å². The Bertz CT molecular complexity index is 278. The zero-order chi connectivity index (χ0) is 14.5. The van der Waals surface area contributed by atoms with Crippen LogP contribution in [0.5, 0.6) is 0 Å². The van der Waals surface area contributed by atoms with E-state index in [1.807, 2.05) is 13.8 Å². The molecule has 2 N–H and O–H groups in total. The van der Waals surface area contributed by atoms with Crippen LogP contribution in [0.3, 0.4) is 0 Å². The molecule has 1 unspecified atom stereocenters. The highest BCUT2D eigenvalue weighted by Gasteiger charge is 2.31. The lowest BCUT2D eigenvalue weighted by atomic mass is 9.79. The second-order valence-corrected chi connectivity index (χ2v) is 6.75. The molecule has 3 heteroatoms. The molecule has 0 aromatic carbocycles. The first-order valence-electron chi connectivity index (χ1n) is 7.87. The van der Waals surface area contributed by atoms with Crippen molar-refractivity contribution >= 4 is 5.91 Å². The molecule has 112 valence electrons. The Balaban J connectivity index is 2.37. The molecule has 0 aromatic rings. The van der Waals surface area contributed by atoms with Crippen LogP contribution < -0.4 is 5.32 Å². The quantitative estimate of drug-likeness (QED) is 0.777. The van der Waals surface area contributed by atoms with Gasteiger partial charge in [0.25, 0.3) is 0 Å². The third-order valence-corrected chi connectivity index (χ3v) is 4.67. The lowest BCUT2D eigenvalue weighted by Gasteiger charge is -2.33. The average Bonchev–Trinajstić information content (AvgIpc) is 2.36. The Morgan fingerprint density at radius 2 is 1.89 bits per heavy atom. The van der Waals surface area contributed by atoms with E-state index in [9.17, 15) is 9.90 Å². The van der Waals surface area contributed by atoms with Crippen LogP contribution in [0.1, 0.15) is 72.6 Å². The number of hydrogen-bond donors (Lipinski definition) is 2. The lowest BCUT2D eigenvalue weighted by molar-refractivity contribution is -0.129. The molecule has 1 atom stereocenters. The molecule has 0 aromatic heterocycles. The predicted molar refractivity (Wildman–Crippen MR) is 78.9 cm³/mol. The number of rotatable bonds is 6.